The summed E-state index contributed by atoms with van der Waals surface area (Å²) in [5, 5.41) is 211. The maximum atomic E-state index is 10.3. The normalized spacial score (nSPS) is 11.4. The quantitative estimate of drug-likeness (QED) is 0.0199. The van der Waals surface area contributed by atoms with E-state index in [1.807, 2.05) is 0 Å². The van der Waals surface area contributed by atoms with E-state index in [0.29, 0.717) is 32.1 Å². The van der Waals surface area contributed by atoms with E-state index >= 15 is 0 Å². The highest BCUT2D eigenvalue weighted by Gasteiger charge is 2.04. The highest BCUT2D eigenvalue weighted by atomic mass is 16.4. The average molecular weight is 2040 g/mol. The molecule has 0 bridgehead atoms. The van der Waals surface area contributed by atoms with E-state index in [9.17, 15) is 24.0 Å². The van der Waals surface area contributed by atoms with Gasteiger partial charge in [0.25, 0.3) is 0 Å². The average Bonchev–Trinajstić information content (AvgIpc) is 1.11. The Morgan fingerprint density at radius 2 is 0.239 bits per heavy atom. The highest BCUT2D eigenvalue weighted by Crippen LogP contribution is 2.14. The van der Waals surface area contributed by atoms with Crippen LogP contribution in [0.5, 0.6) is 0 Å². The zero-order valence-electron chi connectivity index (χ0n) is 87.8. The summed E-state index contributed by atoms with van der Waals surface area (Å²) in [6, 6.07) is 0. The summed E-state index contributed by atoms with van der Waals surface area (Å²) in [5.74, 6) is -3.37. The molecule has 0 heterocycles. The van der Waals surface area contributed by atoms with Crippen molar-refractivity contribution in [3.63, 3.8) is 0 Å². The van der Waals surface area contributed by atoms with Crippen LogP contribution in [0.25, 0.3) is 0 Å². The molecule has 0 fully saturated rings. The molecule has 0 aromatic heterocycles. The van der Waals surface area contributed by atoms with Gasteiger partial charge in [-0.2, -0.15) is 0 Å². The number of aliphatic carboxylic acids is 5. The van der Waals surface area contributed by atoms with Gasteiger partial charge in [-0.3, -0.25) is 24.0 Å². The first-order valence-electron chi connectivity index (χ1n) is 51.6. The van der Waals surface area contributed by atoms with Crippen molar-refractivity contribution in [1.29, 1.82) is 0 Å². The number of allylic oxidation sites excluding steroid dienone is 30. The molecule has 31 heteroatoms. The van der Waals surface area contributed by atoms with Crippen molar-refractivity contribution in [2.45, 2.75) is 398 Å². The third-order valence-corrected chi connectivity index (χ3v) is 18.2. The smallest absolute Gasteiger partial charge is 0.303 e. The summed E-state index contributed by atoms with van der Waals surface area (Å²) in [4.78, 5) is 51.6. The molecular weight excluding hydrogens is 1830 g/mol. The number of carboxylic acids is 5. The first-order valence-corrected chi connectivity index (χ1v) is 51.6. The van der Waals surface area contributed by atoms with Gasteiger partial charge >= 0.3 is 29.8 Å². The molecule has 0 aromatic carbocycles. The molecule has 142 heavy (non-hydrogen) atoms. The zero-order chi connectivity index (χ0) is 109. The van der Waals surface area contributed by atoms with E-state index in [4.69, 9.17) is 133 Å². The van der Waals surface area contributed by atoms with Crippen molar-refractivity contribution >= 4 is 29.8 Å². The second kappa shape index (κ2) is 156. The Kier molecular flexibility index (Phi) is 176. The minimum absolute atomic E-state index is 0.319. The van der Waals surface area contributed by atoms with Crippen LogP contribution in [-0.2, 0) is 24.0 Å². The summed E-state index contributed by atoms with van der Waals surface area (Å²) in [6.45, 7) is 5.64. The SMILES string of the molecule is CC/C=C\C/C=C\C/C=C\CCCCCCCC(=O)O.CC/C=C\C/C=C\C/C=C\CCCCCCCC(=O)O.CC/C=C\C/C=C\C/C=C\CCCCCCCC(=O)O.CC/C=C\C/C=C\C/C=C\CCCCCCCC(=O)O.CC/C=C\C/C=C\C/C=C\CCCCCCCC(=O)O.OCC(O)CO.OCC(O)CO.OCC(O)CO.OCC(O)CO.OCC(O)CO.OCC(O)CO.OCC(O)CO. The lowest BCUT2D eigenvalue weighted by Gasteiger charge is -1.98. The summed E-state index contributed by atoms with van der Waals surface area (Å²) < 4.78 is 0. The lowest BCUT2D eigenvalue weighted by molar-refractivity contribution is -0.138. The van der Waals surface area contributed by atoms with Gasteiger partial charge in [0, 0.05) is 32.1 Å². The fraction of sp³-hybridized carbons (Fsp3) is 0.685. The Balaban J connectivity index is -0.000000135. The van der Waals surface area contributed by atoms with Gasteiger partial charge in [-0.15, -0.1) is 0 Å². The molecule has 0 rings (SSSR count). The van der Waals surface area contributed by atoms with Gasteiger partial charge in [0.05, 0.1) is 92.5 Å². The maximum Gasteiger partial charge on any atom is 0.303 e. The molecular formula is C111H206O31. The van der Waals surface area contributed by atoms with Gasteiger partial charge in [-0.05, 0) is 193 Å². The Morgan fingerprint density at radius 3 is 0.331 bits per heavy atom. The second-order valence-electron chi connectivity index (χ2n) is 32.1. The number of carboxylic acid groups (broad SMARTS) is 5. The van der Waals surface area contributed by atoms with Gasteiger partial charge in [0.2, 0.25) is 0 Å². The van der Waals surface area contributed by atoms with Crippen molar-refractivity contribution in [2.24, 2.45) is 0 Å². The molecule has 0 aliphatic heterocycles. The monoisotopic (exact) mass is 2040 g/mol. The predicted octanol–water partition coefficient (Wildman–Crippen LogP) is 16.6. The topological polar surface area (TPSA) is 611 Å². The molecule has 26 N–H and O–H groups in total. The number of aliphatic hydroxyl groups excluding tert-OH is 21. The molecule has 31 nitrogen and oxygen atoms in total. The van der Waals surface area contributed by atoms with Crippen molar-refractivity contribution in [3.05, 3.63) is 182 Å². The van der Waals surface area contributed by atoms with Crippen LogP contribution in [0.15, 0.2) is 182 Å². The minimum Gasteiger partial charge on any atom is -0.481 e. The van der Waals surface area contributed by atoms with Gasteiger partial charge < -0.3 is 133 Å². The highest BCUT2D eigenvalue weighted by molar-refractivity contribution is 5.67. The molecule has 0 saturated carbocycles. The third-order valence-electron chi connectivity index (χ3n) is 18.2. The first-order chi connectivity index (χ1) is 68.5. The predicted molar refractivity (Wildman–Crippen MR) is 576 cm³/mol. The van der Waals surface area contributed by atoms with Gasteiger partial charge in [0.1, 0.15) is 42.7 Å². The summed E-state index contributed by atoms with van der Waals surface area (Å²) in [7, 11) is 0. The number of aliphatic hydroxyl groups is 21. The van der Waals surface area contributed by atoms with Crippen molar-refractivity contribution < 1.29 is 157 Å². The lowest BCUT2D eigenvalue weighted by Crippen LogP contribution is -2.15. The van der Waals surface area contributed by atoms with Crippen LogP contribution >= 0.6 is 0 Å². The van der Waals surface area contributed by atoms with E-state index < -0.39 is 72.6 Å². The Hall–Kier alpha value is -7.39. The summed E-state index contributed by atoms with van der Waals surface area (Å²) in [6.07, 6.45) is 110. The largest absolute Gasteiger partial charge is 0.481 e. The van der Waals surface area contributed by atoms with E-state index in [-0.39, 0.29) is 92.5 Å². The first kappa shape index (κ1) is 160. The number of unbranched alkanes of at least 4 members (excludes halogenated alkanes) is 25. The van der Waals surface area contributed by atoms with Crippen molar-refractivity contribution in [2.75, 3.05) is 92.5 Å². The Labute approximate surface area is 855 Å². The summed E-state index contributed by atoms with van der Waals surface area (Å²) >= 11 is 0. The molecule has 0 unspecified atom stereocenters. The summed E-state index contributed by atoms with van der Waals surface area (Å²) in [5.41, 5.74) is 0. The van der Waals surface area contributed by atoms with E-state index in [2.05, 4.69) is 217 Å². The molecule has 0 aromatic rings. The maximum absolute atomic E-state index is 10.3. The Morgan fingerprint density at radius 1 is 0.148 bits per heavy atom. The fourth-order valence-electron chi connectivity index (χ4n) is 9.88. The standard InChI is InChI=1S/5C18H30O2.7C3H8O3/c5*1-2-3-4-5-6-7-8-9-10-11-12-13-14-15-16-17-18(19)20;7*4-1-3(6)2-5/h5*3-4,6-7,9-10H,2,5,8,11-17H2,1H3,(H,19,20);7*3-6H,1-2H2/b5*4-3-,7-6-,10-9-;;;;;;;. The van der Waals surface area contributed by atoms with Crippen LogP contribution in [0.2, 0.25) is 0 Å². The van der Waals surface area contributed by atoms with Gasteiger partial charge in [0.15, 0.2) is 0 Å². The molecule has 0 spiro atoms. The lowest BCUT2D eigenvalue weighted by atomic mass is 10.1. The van der Waals surface area contributed by atoms with Crippen LogP contribution in [0.3, 0.4) is 0 Å². The van der Waals surface area contributed by atoms with Crippen LogP contribution in [0.4, 0.5) is 0 Å². The van der Waals surface area contributed by atoms with Crippen LogP contribution in [-0.4, -0.2) is 298 Å². The van der Waals surface area contributed by atoms with Gasteiger partial charge in [-0.25, -0.2) is 0 Å². The molecule has 0 amide bonds. The number of carbonyl (C=O) groups is 5. The molecule has 0 aliphatic carbocycles. The van der Waals surface area contributed by atoms with Gasteiger partial charge in [-0.1, -0.05) is 313 Å². The van der Waals surface area contributed by atoms with E-state index in [1.54, 1.807) is 0 Å². The molecule has 0 atom stereocenters. The second-order valence-corrected chi connectivity index (χ2v) is 32.1. The molecule has 0 saturated heterocycles. The Bertz CT molecular complexity index is 2420. The zero-order valence-corrected chi connectivity index (χ0v) is 87.8. The molecule has 0 radical (unpaired) electrons. The van der Waals surface area contributed by atoms with Crippen LogP contribution in [0.1, 0.15) is 356 Å². The van der Waals surface area contributed by atoms with Crippen molar-refractivity contribution in [1.82, 2.24) is 0 Å². The number of hydrogen-bond donors (Lipinski definition) is 26. The fourth-order valence-corrected chi connectivity index (χ4v) is 9.88. The van der Waals surface area contributed by atoms with Crippen LogP contribution < -0.4 is 0 Å². The molecule has 836 valence electrons. The molecule has 0 aliphatic rings. The minimum atomic E-state index is -0.954. The van der Waals surface area contributed by atoms with E-state index in [0.717, 1.165) is 225 Å². The number of rotatable bonds is 79. The number of hydrogen-bond acceptors (Lipinski definition) is 26. The third kappa shape index (κ3) is 206. The van der Waals surface area contributed by atoms with Crippen LogP contribution in [0, 0.1) is 0 Å². The van der Waals surface area contributed by atoms with E-state index in [1.165, 1.54) is 64.2 Å². The van der Waals surface area contributed by atoms with Crippen molar-refractivity contribution in [3.8, 4) is 0 Å².